The number of carbonyl (C=O) groups is 1. The van der Waals surface area contributed by atoms with Gasteiger partial charge in [0.25, 0.3) is 0 Å². The van der Waals surface area contributed by atoms with E-state index in [9.17, 15) is 4.79 Å². The van der Waals surface area contributed by atoms with Crippen molar-refractivity contribution in [3.05, 3.63) is 0 Å². The maximum absolute atomic E-state index is 11.4. The number of amides is 1. The van der Waals surface area contributed by atoms with Crippen LogP contribution in [0.5, 0.6) is 0 Å². The maximum atomic E-state index is 11.4. The Balaban J connectivity index is 2.74. The molecular weight excluding hydrogens is 178 g/mol. The van der Waals surface area contributed by atoms with Crippen LogP contribution >= 0.6 is 0 Å². The predicted octanol–water partition coefficient (Wildman–Crippen LogP) is -0.0659. The van der Waals surface area contributed by atoms with E-state index in [1.54, 1.807) is 0 Å². The van der Waals surface area contributed by atoms with Crippen LogP contribution in [0.2, 0.25) is 0 Å². The third-order valence-corrected chi connectivity index (χ3v) is 3.41. The van der Waals surface area contributed by atoms with E-state index in [1.807, 2.05) is 7.05 Å². The zero-order chi connectivity index (χ0) is 10.8. The SMILES string of the molecule is CNC1(C(N)=O)CCCC(N(C)C)C1. The van der Waals surface area contributed by atoms with Crippen molar-refractivity contribution in [1.82, 2.24) is 10.2 Å². The number of nitrogens with one attached hydrogen (secondary N) is 1. The Morgan fingerprint density at radius 3 is 2.64 bits per heavy atom. The molecule has 1 aliphatic rings. The highest BCUT2D eigenvalue weighted by Gasteiger charge is 2.40. The molecule has 0 radical (unpaired) electrons. The van der Waals surface area contributed by atoms with E-state index in [2.05, 4.69) is 24.3 Å². The first-order valence-electron chi connectivity index (χ1n) is 5.17. The second-order valence-electron chi connectivity index (χ2n) is 4.41. The fraction of sp³-hybridized carbons (Fsp3) is 0.900. The van der Waals surface area contributed by atoms with E-state index >= 15 is 0 Å². The van der Waals surface area contributed by atoms with E-state index in [4.69, 9.17) is 5.73 Å². The van der Waals surface area contributed by atoms with Gasteiger partial charge in [-0.3, -0.25) is 4.79 Å². The van der Waals surface area contributed by atoms with Gasteiger partial charge in [-0.05, 0) is 46.8 Å². The fourth-order valence-electron chi connectivity index (χ4n) is 2.26. The van der Waals surface area contributed by atoms with Gasteiger partial charge in [0.2, 0.25) is 5.91 Å². The summed E-state index contributed by atoms with van der Waals surface area (Å²) >= 11 is 0. The van der Waals surface area contributed by atoms with Crippen LogP contribution in [0.4, 0.5) is 0 Å². The van der Waals surface area contributed by atoms with Crippen molar-refractivity contribution in [3.63, 3.8) is 0 Å². The van der Waals surface area contributed by atoms with E-state index < -0.39 is 5.54 Å². The van der Waals surface area contributed by atoms with Gasteiger partial charge < -0.3 is 16.0 Å². The fourth-order valence-corrected chi connectivity index (χ4v) is 2.26. The van der Waals surface area contributed by atoms with Gasteiger partial charge in [-0.1, -0.05) is 0 Å². The first-order valence-corrected chi connectivity index (χ1v) is 5.17. The lowest BCUT2D eigenvalue weighted by Crippen LogP contribution is -2.59. The first kappa shape index (κ1) is 11.5. The molecule has 1 rings (SSSR count). The van der Waals surface area contributed by atoms with Crippen LogP contribution in [-0.4, -0.2) is 43.5 Å². The molecule has 0 aromatic heterocycles. The van der Waals surface area contributed by atoms with Gasteiger partial charge in [-0.2, -0.15) is 0 Å². The largest absolute Gasteiger partial charge is 0.368 e. The number of likely N-dealkylation sites (N-methyl/N-ethyl adjacent to an activating group) is 1. The molecule has 14 heavy (non-hydrogen) atoms. The summed E-state index contributed by atoms with van der Waals surface area (Å²) in [5.41, 5.74) is 4.98. The Labute approximate surface area is 85.8 Å². The van der Waals surface area contributed by atoms with Crippen LogP contribution in [-0.2, 0) is 4.79 Å². The highest BCUT2D eigenvalue weighted by Crippen LogP contribution is 2.29. The molecule has 0 aromatic carbocycles. The summed E-state index contributed by atoms with van der Waals surface area (Å²) in [6, 6.07) is 0.462. The van der Waals surface area contributed by atoms with Crippen molar-refractivity contribution >= 4 is 5.91 Å². The number of primary amides is 1. The lowest BCUT2D eigenvalue weighted by atomic mass is 9.78. The van der Waals surface area contributed by atoms with E-state index in [1.165, 1.54) is 0 Å². The molecular formula is C10H21N3O. The van der Waals surface area contributed by atoms with Crippen molar-refractivity contribution < 1.29 is 4.79 Å². The van der Waals surface area contributed by atoms with Crippen LogP contribution in [0.3, 0.4) is 0 Å². The summed E-state index contributed by atoms with van der Waals surface area (Å²) in [6.07, 6.45) is 3.91. The molecule has 0 aliphatic heterocycles. The molecule has 1 aliphatic carbocycles. The maximum Gasteiger partial charge on any atom is 0.237 e. The standard InChI is InChI=1S/C10H21N3O/c1-12-10(9(11)14)6-4-5-8(7-10)13(2)3/h8,12H,4-7H2,1-3H3,(H2,11,14). The molecule has 2 atom stereocenters. The molecule has 4 nitrogen and oxygen atoms in total. The van der Waals surface area contributed by atoms with E-state index in [-0.39, 0.29) is 5.91 Å². The molecule has 0 bridgehead atoms. The second kappa shape index (κ2) is 4.28. The summed E-state index contributed by atoms with van der Waals surface area (Å²) in [7, 11) is 5.93. The number of nitrogens with zero attached hydrogens (tertiary/aromatic N) is 1. The van der Waals surface area contributed by atoms with Gasteiger partial charge in [0.05, 0.1) is 5.54 Å². The molecule has 3 N–H and O–H groups in total. The molecule has 1 fully saturated rings. The molecule has 1 saturated carbocycles. The lowest BCUT2D eigenvalue weighted by Gasteiger charge is -2.40. The Bertz CT molecular complexity index is 217. The van der Waals surface area contributed by atoms with Gasteiger partial charge in [-0.25, -0.2) is 0 Å². The van der Waals surface area contributed by atoms with Crippen LogP contribution in [0.15, 0.2) is 0 Å². The average Bonchev–Trinajstić information content (AvgIpc) is 2.17. The zero-order valence-electron chi connectivity index (χ0n) is 9.34. The highest BCUT2D eigenvalue weighted by molar-refractivity contribution is 5.84. The van der Waals surface area contributed by atoms with Gasteiger partial charge in [0.1, 0.15) is 0 Å². The zero-order valence-corrected chi connectivity index (χ0v) is 9.34. The monoisotopic (exact) mass is 199 g/mol. The smallest absolute Gasteiger partial charge is 0.237 e. The third-order valence-electron chi connectivity index (χ3n) is 3.41. The quantitative estimate of drug-likeness (QED) is 0.669. The minimum absolute atomic E-state index is 0.216. The Hall–Kier alpha value is -0.610. The number of rotatable bonds is 3. The summed E-state index contributed by atoms with van der Waals surface area (Å²) in [5, 5.41) is 3.10. The molecule has 0 spiro atoms. The Morgan fingerprint density at radius 1 is 1.57 bits per heavy atom. The molecule has 0 saturated heterocycles. The summed E-state index contributed by atoms with van der Waals surface area (Å²) in [6.45, 7) is 0. The van der Waals surface area contributed by atoms with Crippen molar-refractivity contribution in [2.45, 2.75) is 37.3 Å². The van der Waals surface area contributed by atoms with Gasteiger partial charge in [0.15, 0.2) is 0 Å². The van der Waals surface area contributed by atoms with Crippen molar-refractivity contribution in [3.8, 4) is 0 Å². The second-order valence-corrected chi connectivity index (χ2v) is 4.41. The Morgan fingerprint density at radius 2 is 2.21 bits per heavy atom. The number of hydrogen-bond acceptors (Lipinski definition) is 3. The van der Waals surface area contributed by atoms with Crippen molar-refractivity contribution in [1.29, 1.82) is 0 Å². The predicted molar refractivity (Wildman–Crippen MR) is 56.9 cm³/mol. The third kappa shape index (κ3) is 2.07. The number of nitrogens with two attached hydrogens (primary N) is 1. The number of hydrogen-bond donors (Lipinski definition) is 2. The Kier molecular flexibility index (Phi) is 3.50. The van der Waals surface area contributed by atoms with Crippen LogP contribution in [0, 0.1) is 0 Å². The normalized spacial score (nSPS) is 33.3. The van der Waals surface area contributed by atoms with Crippen LogP contribution in [0.25, 0.3) is 0 Å². The first-order chi connectivity index (χ1) is 6.52. The molecule has 1 amide bonds. The van der Waals surface area contributed by atoms with E-state index in [0.717, 1.165) is 25.7 Å². The molecule has 0 aromatic rings. The summed E-state index contributed by atoms with van der Waals surface area (Å²) < 4.78 is 0. The average molecular weight is 199 g/mol. The molecule has 82 valence electrons. The highest BCUT2D eigenvalue weighted by atomic mass is 16.1. The number of carbonyl (C=O) groups excluding carboxylic acids is 1. The summed E-state index contributed by atoms with van der Waals surface area (Å²) in [4.78, 5) is 13.6. The topological polar surface area (TPSA) is 58.4 Å². The molecule has 2 unspecified atom stereocenters. The lowest BCUT2D eigenvalue weighted by molar-refractivity contribution is -0.126. The van der Waals surface area contributed by atoms with Crippen molar-refractivity contribution in [2.75, 3.05) is 21.1 Å². The minimum Gasteiger partial charge on any atom is -0.368 e. The minimum atomic E-state index is -0.479. The van der Waals surface area contributed by atoms with Crippen molar-refractivity contribution in [2.24, 2.45) is 5.73 Å². The van der Waals surface area contributed by atoms with Gasteiger partial charge in [-0.15, -0.1) is 0 Å². The summed E-state index contributed by atoms with van der Waals surface area (Å²) in [5.74, 6) is -0.216. The van der Waals surface area contributed by atoms with Crippen LogP contribution < -0.4 is 11.1 Å². The van der Waals surface area contributed by atoms with E-state index in [0.29, 0.717) is 6.04 Å². The molecule has 0 heterocycles. The van der Waals surface area contributed by atoms with Crippen LogP contribution in [0.1, 0.15) is 25.7 Å². The van der Waals surface area contributed by atoms with Gasteiger partial charge >= 0.3 is 0 Å². The van der Waals surface area contributed by atoms with Gasteiger partial charge in [0, 0.05) is 6.04 Å². The molecule has 4 heteroatoms.